The van der Waals surface area contributed by atoms with Crippen molar-refractivity contribution in [2.45, 2.75) is 52.5 Å². The Morgan fingerprint density at radius 3 is 2.47 bits per heavy atom. The second kappa shape index (κ2) is 5.63. The van der Waals surface area contributed by atoms with Gasteiger partial charge in [0.1, 0.15) is 5.82 Å². The van der Waals surface area contributed by atoms with Crippen LogP contribution in [0.2, 0.25) is 0 Å². The van der Waals surface area contributed by atoms with Crippen molar-refractivity contribution in [3.05, 3.63) is 35.1 Å². The molecule has 0 bridgehead atoms. The van der Waals surface area contributed by atoms with E-state index in [-0.39, 0.29) is 11.4 Å². The van der Waals surface area contributed by atoms with E-state index in [4.69, 9.17) is 0 Å². The van der Waals surface area contributed by atoms with Crippen LogP contribution in [0, 0.1) is 12.7 Å². The van der Waals surface area contributed by atoms with Crippen molar-refractivity contribution < 1.29 is 4.39 Å². The van der Waals surface area contributed by atoms with Crippen LogP contribution in [0.1, 0.15) is 51.2 Å². The first-order valence-electron chi connectivity index (χ1n) is 6.30. The fraction of sp³-hybridized carbons (Fsp3) is 0.600. The average Bonchev–Trinajstić information content (AvgIpc) is 2.15. The third kappa shape index (κ3) is 4.86. The van der Waals surface area contributed by atoms with Crippen molar-refractivity contribution in [1.29, 1.82) is 0 Å². The largest absolute Gasteiger partial charge is 0.312 e. The third-order valence-electron chi connectivity index (χ3n) is 3.00. The SMILES string of the molecule is Cc1cc(F)ccc1C(C)CCNC(C)(C)C. The first kappa shape index (κ1) is 14.2. The van der Waals surface area contributed by atoms with E-state index in [9.17, 15) is 4.39 Å². The zero-order chi connectivity index (χ0) is 13.1. The van der Waals surface area contributed by atoms with Crippen molar-refractivity contribution in [3.63, 3.8) is 0 Å². The second-order valence-corrected chi connectivity index (χ2v) is 5.87. The molecule has 0 aliphatic rings. The summed E-state index contributed by atoms with van der Waals surface area (Å²) < 4.78 is 13.0. The van der Waals surface area contributed by atoms with E-state index in [0.717, 1.165) is 18.5 Å². The molecule has 0 aliphatic heterocycles. The van der Waals surface area contributed by atoms with Crippen LogP contribution < -0.4 is 5.32 Å². The lowest BCUT2D eigenvalue weighted by Gasteiger charge is -2.22. The number of rotatable bonds is 4. The van der Waals surface area contributed by atoms with Crippen LogP contribution in [0.25, 0.3) is 0 Å². The molecule has 1 unspecified atom stereocenters. The van der Waals surface area contributed by atoms with Crippen molar-refractivity contribution >= 4 is 0 Å². The van der Waals surface area contributed by atoms with Gasteiger partial charge in [-0.1, -0.05) is 13.0 Å². The van der Waals surface area contributed by atoms with Crippen LogP contribution in [0.3, 0.4) is 0 Å². The van der Waals surface area contributed by atoms with Crippen LogP contribution in [-0.2, 0) is 0 Å². The van der Waals surface area contributed by atoms with E-state index in [1.165, 1.54) is 5.56 Å². The number of nitrogens with one attached hydrogen (secondary N) is 1. The van der Waals surface area contributed by atoms with Gasteiger partial charge in [-0.25, -0.2) is 4.39 Å². The Balaban J connectivity index is 2.55. The standard InChI is InChI=1S/C15H24FN/c1-11(8-9-17-15(3,4)5)14-7-6-13(16)10-12(14)2/h6-7,10-11,17H,8-9H2,1-5H3. The fourth-order valence-electron chi connectivity index (χ4n) is 2.01. The molecule has 2 heteroatoms. The Kier molecular flexibility index (Phi) is 4.70. The molecule has 96 valence electrons. The molecule has 17 heavy (non-hydrogen) atoms. The van der Waals surface area contributed by atoms with Crippen molar-refractivity contribution in [2.75, 3.05) is 6.54 Å². The number of benzene rings is 1. The van der Waals surface area contributed by atoms with Crippen LogP contribution in [0.4, 0.5) is 4.39 Å². The highest BCUT2D eigenvalue weighted by atomic mass is 19.1. The molecule has 0 heterocycles. The molecule has 0 fully saturated rings. The van der Waals surface area contributed by atoms with E-state index in [1.807, 2.05) is 13.0 Å². The molecule has 0 saturated carbocycles. The van der Waals surface area contributed by atoms with Crippen LogP contribution in [-0.4, -0.2) is 12.1 Å². The van der Waals surface area contributed by atoms with Gasteiger partial charge in [0.05, 0.1) is 0 Å². The van der Waals surface area contributed by atoms with Gasteiger partial charge < -0.3 is 5.32 Å². The Hall–Kier alpha value is -0.890. The first-order chi connectivity index (χ1) is 7.79. The van der Waals surface area contributed by atoms with E-state index in [2.05, 4.69) is 33.0 Å². The van der Waals surface area contributed by atoms with Gasteiger partial charge >= 0.3 is 0 Å². The van der Waals surface area contributed by atoms with Gasteiger partial charge in [-0.05, 0) is 69.8 Å². The lowest BCUT2D eigenvalue weighted by atomic mass is 9.93. The molecule has 1 aromatic rings. The summed E-state index contributed by atoms with van der Waals surface area (Å²) in [4.78, 5) is 0. The highest BCUT2D eigenvalue weighted by Crippen LogP contribution is 2.23. The zero-order valence-corrected chi connectivity index (χ0v) is 11.6. The Labute approximate surface area is 104 Å². The molecule has 1 N–H and O–H groups in total. The van der Waals surface area contributed by atoms with Crippen molar-refractivity contribution in [2.24, 2.45) is 0 Å². The number of aryl methyl sites for hydroxylation is 1. The van der Waals surface area contributed by atoms with E-state index < -0.39 is 0 Å². The molecule has 0 spiro atoms. The highest BCUT2D eigenvalue weighted by Gasteiger charge is 2.12. The normalized spacial score (nSPS) is 13.8. The molecular weight excluding hydrogens is 213 g/mol. The lowest BCUT2D eigenvalue weighted by molar-refractivity contribution is 0.413. The van der Waals surface area contributed by atoms with E-state index >= 15 is 0 Å². The van der Waals surface area contributed by atoms with Gasteiger partial charge in [-0.2, -0.15) is 0 Å². The minimum Gasteiger partial charge on any atom is -0.312 e. The van der Waals surface area contributed by atoms with E-state index in [0.29, 0.717) is 5.92 Å². The van der Waals surface area contributed by atoms with Gasteiger partial charge in [0.25, 0.3) is 0 Å². The van der Waals surface area contributed by atoms with Crippen molar-refractivity contribution in [3.8, 4) is 0 Å². The summed E-state index contributed by atoms with van der Waals surface area (Å²) in [5.74, 6) is 0.316. The summed E-state index contributed by atoms with van der Waals surface area (Å²) in [6.07, 6.45) is 1.07. The molecule has 1 aromatic carbocycles. The van der Waals surface area contributed by atoms with Crippen molar-refractivity contribution in [1.82, 2.24) is 5.32 Å². The molecule has 1 nitrogen and oxygen atoms in total. The Bertz CT molecular complexity index is 366. The predicted octanol–water partition coefficient (Wildman–Crippen LogP) is 4.02. The smallest absolute Gasteiger partial charge is 0.123 e. The summed E-state index contributed by atoms with van der Waals surface area (Å²) in [7, 11) is 0. The number of hydrogen-bond acceptors (Lipinski definition) is 1. The van der Waals surface area contributed by atoms with Gasteiger partial charge in [0, 0.05) is 5.54 Å². The summed E-state index contributed by atoms with van der Waals surface area (Å²) >= 11 is 0. The summed E-state index contributed by atoms with van der Waals surface area (Å²) in [6.45, 7) is 11.7. The number of hydrogen-bond donors (Lipinski definition) is 1. The first-order valence-corrected chi connectivity index (χ1v) is 6.30. The predicted molar refractivity (Wildman–Crippen MR) is 71.9 cm³/mol. The monoisotopic (exact) mass is 237 g/mol. The lowest BCUT2D eigenvalue weighted by Crippen LogP contribution is -2.36. The molecule has 0 amide bonds. The molecule has 1 atom stereocenters. The summed E-state index contributed by atoms with van der Waals surface area (Å²) in [6, 6.07) is 5.07. The maximum absolute atomic E-state index is 13.0. The maximum atomic E-state index is 13.0. The molecule has 0 aliphatic carbocycles. The molecule has 1 rings (SSSR count). The quantitative estimate of drug-likeness (QED) is 0.834. The van der Waals surface area contributed by atoms with Crippen LogP contribution in [0.15, 0.2) is 18.2 Å². The average molecular weight is 237 g/mol. The fourth-order valence-corrected chi connectivity index (χ4v) is 2.01. The summed E-state index contributed by atoms with van der Waals surface area (Å²) in [5, 5.41) is 3.48. The van der Waals surface area contributed by atoms with Crippen LogP contribution >= 0.6 is 0 Å². The maximum Gasteiger partial charge on any atom is 0.123 e. The summed E-state index contributed by atoms with van der Waals surface area (Å²) in [5.41, 5.74) is 2.47. The third-order valence-corrected chi connectivity index (χ3v) is 3.00. The van der Waals surface area contributed by atoms with Crippen LogP contribution in [0.5, 0.6) is 0 Å². The Morgan fingerprint density at radius 2 is 1.94 bits per heavy atom. The molecule has 0 aromatic heterocycles. The zero-order valence-electron chi connectivity index (χ0n) is 11.6. The van der Waals surface area contributed by atoms with Gasteiger partial charge in [0.15, 0.2) is 0 Å². The minimum absolute atomic E-state index is 0.147. The minimum atomic E-state index is -0.147. The van der Waals surface area contributed by atoms with E-state index in [1.54, 1.807) is 12.1 Å². The Morgan fingerprint density at radius 1 is 1.29 bits per heavy atom. The molecular formula is C15H24FN. The second-order valence-electron chi connectivity index (χ2n) is 5.87. The topological polar surface area (TPSA) is 12.0 Å². The number of halogens is 1. The highest BCUT2D eigenvalue weighted by molar-refractivity contribution is 5.29. The van der Waals surface area contributed by atoms with Gasteiger partial charge in [-0.15, -0.1) is 0 Å². The molecule has 0 radical (unpaired) electrons. The van der Waals surface area contributed by atoms with Gasteiger partial charge in [-0.3, -0.25) is 0 Å². The van der Waals surface area contributed by atoms with Gasteiger partial charge in [0.2, 0.25) is 0 Å². The molecule has 0 saturated heterocycles.